The van der Waals surface area contributed by atoms with Crippen LogP contribution in [0.1, 0.15) is 54.4 Å². The maximum atomic E-state index is 7.40. The summed E-state index contributed by atoms with van der Waals surface area (Å²) in [5.41, 5.74) is 5.27. The highest BCUT2D eigenvalue weighted by atomic mass is 16.5. The maximum Gasteiger partial charge on any atom is 0.0918 e. The summed E-state index contributed by atoms with van der Waals surface area (Å²) in [6.45, 7) is 13.9. The summed E-state index contributed by atoms with van der Waals surface area (Å²) in [4.78, 5) is 2.43. The highest BCUT2D eigenvalue weighted by Crippen LogP contribution is 2.40. The standard InChI is InChI=1S/C14H29N3O/c1-10(2)17(8-7-12(15)16)11-9-13(3,4)18-14(11,5)6/h10-11H,7-9H2,1-6H3,(H3,15,16). The Labute approximate surface area is 111 Å². The zero-order valence-electron chi connectivity index (χ0n) is 12.7. The molecular formula is C14H29N3O. The number of hydrogen-bond acceptors (Lipinski definition) is 3. The van der Waals surface area contributed by atoms with Gasteiger partial charge in [-0.15, -0.1) is 0 Å². The second-order valence-electron chi connectivity index (χ2n) is 6.79. The average Bonchev–Trinajstić information content (AvgIpc) is 2.33. The van der Waals surface area contributed by atoms with Crippen molar-refractivity contribution < 1.29 is 4.74 Å². The molecule has 0 aromatic carbocycles. The molecule has 1 unspecified atom stereocenters. The summed E-state index contributed by atoms with van der Waals surface area (Å²) in [5, 5.41) is 7.40. The Morgan fingerprint density at radius 3 is 2.28 bits per heavy atom. The van der Waals surface area contributed by atoms with E-state index in [0.717, 1.165) is 13.0 Å². The first kappa shape index (κ1) is 15.4. The molecule has 4 heteroatoms. The zero-order chi connectivity index (χ0) is 14.1. The molecule has 0 aromatic rings. The fourth-order valence-electron chi connectivity index (χ4n) is 3.07. The fourth-order valence-corrected chi connectivity index (χ4v) is 3.07. The van der Waals surface area contributed by atoms with Gasteiger partial charge in [0.1, 0.15) is 0 Å². The van der Waals surface area contributed by atoms with Crippen molar-refractivity contribution in [3.63, 3.8) is 0 Å². The fraction of sp³-hybridized carbons (Fsp3) is 0.929. The third kappa shape index (κ3) is 3.69. The van der Waals surface area contributed by atoms with Crippen molar-refractivity contribution >= 4 is 5.84 Å². The van der Waals surface area contributed by atoms with Crippen molar-refractivity contribution in [1.29, 1.82) is 5.41 Å². The molecule has 3 N–H and O–H groups in total. The molecule has 0 radical (unpaired) electrons. The molecule has 1 saturated heterocycles. The number of nitrogens with zero attached hydrogens (tertiary/aromatic N) is 1. The van der Waals surface area contributed by atoms with Crippen molar-refractivity contribution in [3.05, 3.63) is 0 Å². The molecule has 0 spiro atoms. The van der Waals surface area contributed by atoms with Gasteiger partial charge in [0.15, 0.2) is 0 Å². The minimum atomic E-state index is -0.148. The normalized spacial score (nSPS) is 25.9. The molecule has 0 saturated carbocycles. The van der Waals surface area contributed by atoms with Gasteiger partial charge in [-0.25, -0.2) is 0 Å². The van der Waals surface area contributed by atoms with Crippen molar-refractivity contribution in [2.45, 2.75) is 77.7 Å². The average molecular weight is 255 g/mol. The molecule has 1 heterocycles. The first-order valence-electron chi connectivity index (χ1n) is 6.84. The van der Waals surface area contributed by atoms with E-state index in [1.165, 1.54) is 0 Å². The minimum absolute atomic E-state index is 0.0719. The molecule has 1 aliphatic heterocycles. The van der Waals surface area contributed by atoms with Crippen LogP contribution < -0.4 is 5.73 Å². The first-order chi connectivity index (χ1) is 8.05. The van der Waals surface area contributed by atoms with E-state index >= 15 is 0 Å². The number of hydrogen-bond donors (Lipinski definition) is 2. The van der Waals surface area contributed by atoms with Crippen molar-refractivity contribution in [3.8, 4) is 0 Å². The summed E-state index contributed by atoms with van der Waals surface area (Å²) in [6.07, 6.45) is 1.65. The Bertz CT molecular complexity index is 310. The lowest BCUT2D eigenvalue weighted by molar-refractivity contribution is -0.0829. The topological polar surface area (TPSA) is 62.3 Å². The summed E-state index contributed by atoms with van der Waals surface area (Å²) in [6, 6.07) is 0.818. The lowest BCUT2D eigenvalue weighted by Gasteiger charge is -2.39. The lowest BCUT2D eigenvalue weighted by atomic mass is 9.92. The highest BCUT2D eigenvalue weighted by molar-refractivity contribution is 5.76. The van der Waals surface area contributed by atoms with Crippen molar-refractivity contribution in [2.75, 3.05) is 6.54 Å². The Morgan fingerprint density at radius 1 is 1.39 bits per heavy atom. The second-order valence-corrected chi connectivity index (χ2v) is 6.79. The van der Waals surface area contributed by atoms with E-state index in [0.29, 0.717) is 18.5 Å². The number of ether oxygens (including phenoxy) is 1. The van der Waals surface area contributed by atoms with Crippen molar-refractivity contribution in [2.24, 2.45) is 5.73 Å². The Kier molecular flexibility index (Phi) is 4.44. The van der Waals surface area contributed by atoms with E-state index in [1.807, 2.05) is 0 Å². The molecule has 1 fully saturated rings. The van der Waals surface area contributed by atoms with Gasteiger partial charge in [0.2, 0.25) is 0 Å². The zero-order valence-corrected chi connectivity index (χ0v) is 12.7. The molecule has 4 nitrogen and oxygen atoms in total. The monoisotopic (exact) mass is 255 g/mol. The van der Waals surface area contributed by atoms with Crippen LogP contribution in [-0.4, -0.2) is 40.6 Å². The Morgan fingerprint density at radius 2 is 1.94 bits per heavy atom. The largest absolute Gasteiger partial charge is 0.388 e. The van der Waals surface area contributed by atoms with Gasteiger partial charge in [0, 0.05) is 25.0 Å². The molecule has 106 valence electrons. The molecule has 0 aromatic heterocycles. The van der Waals surface area contributed by atoms with Gasteiger partial charge in [0.25, 0.3) is 0 Å². The van der Waals surface area contributed by atoms with Gasteiger partial charge in [-0.05, 0) is 48.0 Å². The smallest absolute Gasteiger partial charge is 0.0918 e. The third-order valence-corrected chi connectivity index (χ3v) is 3.73. The van der Waals surface area contributed by atoms with E-state index < -0.39 is 0 Å². The number of nitrogens with two attached hydrogens (primary N) is 1. The van der Waals surface area contributed by atoms with Crippen LogP contribution in [0, 0.1) is 5.41 Å². The SMILES string of the molecule is CC(C)N(CCC(=N)N)C1CC(C)(C)OC1(C)C. The van der Waals surface area contributed by atoms with E-state index in [1.54, 1.807) is 0 Å². The Hall–Kier alpha value is -0.610. The number of amidine groups is 1. The van der Waals surface area contributed by atoms with Gasteiger partial charge in [-0.3, -0.25) is 10.3 Å². The van der Waals surface area contributed by atoms with E-state index in [2.05, 4.69) is 46.4 Å². The van der Waals surface area contributed by atoms with E-state index in [4.69, 9.17) is 15.9 Å². The van der Waals surface area contributed by atoms with Gasteiger partial charge >= 0.3 is 0 Å². The maximum absolute atomic E-state index is 7.40. The molecule has 0 aliphatic carbocycles. The number of rotatable bonds is 5. The molecule has 1 aliphatic rings. The second kappa shape index (κ2) is 5.17. The predicted molar refractivity (Wildman–Crippen MR) is 76.0 cm³/mol. The first-order valence-corrected chi connectivity index (χ1v) is 6.84. The lowest BCUT2D eigenvalue weighted by Crippen LogP contribution is -2.50. The summed E-state index contributed by atoms with van der Waals surface area (Å²) in [7, 11) is 0. The van der Waals surface area contributed by atoms with Crippen LogP contribution in [0.5, 0.6) is 0 Å². The van der Waals surface area contributed by atoms with E-state index in [-0.39, 0.29) is 17.0 Å². The van der Waals surface area contributed by atoms with Gasteiger partial charge in [0.05, 0.1) is 17.0 Å². The van der Waals surface area contributed by atoms with Gasteiger partial charge in [-0.2, -0.15) is 0 Å². The molecule has 0 bridgehead atoms. The van der Waals surface area contributed by atoms with Crippen LogP contribution in [0.4, 0.5) is 0 Å². The van der Waals surface area contributed by atoms with Crippen LogP contribution in [0.3, 0.4) is 0 Å². The highest BCUT2D eigenvalue weighted by Gasteiger charge is 2.48. The van der Waals surface area contributed by atoms with Gasteiger partial charge in [-0.1, -0.05) is 0 Å². The summed E-state index contributed by atoms with van der Waals surface area (Å²) < 4.78 is 6.16. The minimum Gasteiger partial charge on any atom is -0.388 e. The van der Waals surface area contributed by atoms with Crippen LogP contribution in [0.25, 0.3) is 0 Å². The summed E-state index contributed by atoms with van der Waals surface area (Å²) in [5.74, 6) is 0.261. The molecule has 18 heavy (non-hydrogen) atoms. The van der Waals surface area contributed by atoms with Crippen LogP contribution in [0.15, 0.2) is 0 Å². The van der Waals surface area contributed by atoms with Crippen molar-refractivity contribution in [1.82, 2.24) is 4.90 Å². The van der Waals surface area contributed by atoms with Crippen LogP contribution in [-0.2, 0) is 4.74 Å². The molecular weight excluding hydrogens is 226 g/mol. The molecule has 1 atom stereocenters. The van der Waals surface area contributed by atoms with E-state index in [9.17, 15) is 0 Å². The predicted octanol–water partition coefficient (Wildman–Crippen LogP) is 2.37. The third-order valence-electron chi connectivity index (χ3n) is 3.73. The summed E-state index contributed by atoms with van der Waals surface area (Å²) >= 11 is 0. The van der Waals surface area contributed by atoms with Crippen LogP contribution >= 0.6 is 0 Å². The number of nitrogens with one attached hydrogen (secondary N) is 1. The quantitative estimate of drug-likeness (QED) is 0.585. The van der Waals surface area contributed by atoms with Crippen LogP contribution in [0.2, 0.25) is 0 Å². The molecule has 1 rings (SSSR count). The Balaban J connectivity index is 2.82. The molecule has 0 amide bonds. The van der Waals surface area contributed by atoms with Gasteiger partial charge < -0.3 is 10.5 Å².